The summed E-state index contributed by atoms with van der Waals surface area (Å²) in [6.07, 6.45) is 1.47. The molecule has 0 amide bonds. The smallest absolute Gasteiger partial charge is 0.343 e. The van der Waals surface area contributed by atoms with Gasteiger partial charge in [-0.3, -0.25) is 4.79 Å². The zero-order valence-corrected chi connectivity index (χ0v) is 13.3. The minimum atomic E-state index is -0.651. The highest BCUT2D eigenvalue weighted by molar-refractivity contribution is 5.93. The van der Waals surface area contributed by atoms with E-state index in [1.807, 2.05) is 20.8 Å². The fourth-order valence-electron chi connectivity index (χ4n) is 2.36. The van der Waals surface area contributed by atoms with Gasteiger partial charge < -0.3 is 9.30 Å². The standard InChI is InChI=1S/C17H20FNO3/c1-5-22-16(21)13-9-19(10-17(2,3)4)14-8-11(18)6-7-12(14)15(13)20/h6-9H,5,10H2,1-4H3. The Bertz CT molecular complexity index is 772. The number of carbonyl (C=O) groups excluding carboxylic acids is 1. The lowest BCUT2D eigenvalue weighted by atomic mass is 9.96. The fraction of sp³-hybridized carbons (Fsp3) is 0.412. The molecular weight excluding hydrogens is 285 g/mol. The molecular formula is C17H20FNO3. The first-order valence-electron chi connectivity index (χ1n) is 7.23. The Morgan fingerprint density at radius 1 is 1.32 bits per heavy atom. The maximum Gasteiger partial charge on any atom is 0.343 e. The van der Waals surface area contributed by atoms with Gasteiger partial charge in [-0.05, 0) is 30.5 Å². The van der Waals surface area contributed by atoms with E-state index in [4.69, 9.17) is 4.74 Å². The molecule has 0 fully saturated rings. The van der Waals surface area contributed by atoms with Crippen molar-refractivity contribution in [2.24, 2.45) is 5.41 Å². The molecule has 0 radical (unpaired) electrons. The van der Waals surface area contributed by atoms with E-state index < -0.39 is 17.2 Å². The number of aromatic nitrogens is 1. The molecule has 0 saturated heterocycles. The summed E-state index contributed by atoms with van der Waals surface area (Å²) in [5.74, 6) is -1.07. The van der Waals surface area contributed by atoms with Crippen molar-refractivity contribution >= 4 is 16.9 Å². The molecule has 118 valence electrons. The van der Waals surface area contributed by atoms with Crippen molar-refractivity contribution in [3.05, 3.63) is 46.0 Å². The number of carbonyl (C=O) groups is 1. The lowest BCUT2D eigenvalue weighted by Crippen LogP contribution is -2.24. The van der Waals surface area contributed by atoms with Gasteiger partial charge in [-0.15, -0.1) is 0 Å². The van der Waals surface area contributed by atoms with Gasteiger partial charge >= 0.3 is 5.97 Å². The van der Waals surface area contributed by atoms with Crippen LogP contribution in [-0.2, 0) is 11.3 Å². The zero-order valence-electron chi connectivity index (χ0n) is 13.3. The van der Waals surface area contributed by atoms with E-state index in [1.54, 1.807) is 11.5 Å². The number of halogens is 1. The first kappa shape index (κ1) is 16.2. The molecule has 0 aliphatic rings. The molecule has 4 nitrogen and oxygen atoms in total. The predicted octanol–water partition coefficient (Wildman–Crippen LogP) is 3.36. The quantitative estimate of drug-likeness (QED) is 0.817. The Balaban J connectivity index is 2.74. The summed E-state index contributed by atoms with van der Waals surface area (Å²) in [4.78, 5) is 24.4. The van der Waals surface area contributed by atoms with E-state index in [0.717, 1.165) is 0 Å². The number of benzene rings is 1. The zero-order chi connectivity index (χ0) is 16.5. The maximum absolute atomic E-state index is 13.6. The number of hydrogen-bond donors (Lipinski definition) is 0. The normalized spacial score (nSPS) is 11.7. The van der Waals surface area contributed by atoms with Crippen molar-refractivity contribution in [3.8, 4) is 0 Å². The number of nitrogens with zero attached hydrogens (tertiary/aromatic N) is 1. The highest BCUT2D eigenvalue weighted by atomic mass is 19.1. The molecule has 0 N–H and O–H groups in total. The molecule has 1 heterocycles. The Morgan fingerprint density at radius 3 is 2.59 bits per heavy atom. The Labute approximate surface area is 128 Å². The Kier molecular flexibility index (Phi) is 4.35. The largest absolute Gasteiger partial charge is 0.462 e. The van der Waals surface area contributed by atoms with Crippen LogP contribution in [0.15, 0.2) is 29.2 Å². The number of ether oxygens (including phenoxy) is 1. The van der Waals surface area contributed by atoms with E-state index in [9.17, 15) is 14.0 Å². The average molecular weight is 305 g/mol. The first-order valence-corrected chi connectivity index (χ1v) is 7.23. The van der Waals surface area contributed by atoms with Crippen LogP contribution in [-0.4, -0.2) is 17.1 Å². The summed E-state index contributed by atoms with van der Waals surface area (Å²) in [5, 5.41) is 0.316. The molecule has 0 saturated carbocycles. The van der Waals surface area contributed by atoms with Gasteiger partial charge in [-0.25, -0.2) is 9.18 Å². The van der Waals surface area contributed by atoms with E-state index in [-0.39, 0.29) is 17.6 Å². The van der Waals surface area contributed by atoms with Crippen LogP contribution in [0.2, 0.25) is 0 Å². The van der Waals surface area contributed by atoms with E-state index in [0.29, 0.717) is 17.4 Å². The number of pyridine rings is 1. The third-order valence-electron chi connectivity index (χ3n) is 3.18. The van der Waals surface area contributed by atoms with Crippen molar-refractivity contribution < 1.29 is 13.9 Å². The van der Waals surface area contributed by atoms with Gasteiger partial charge in [0.1, 0.15) is 11.4 Å². The Hall–Kier alpha value is -2.17. The van der Waals surface area contributed by atoms with Crippen molar-refractivity contribution in [1.29, 1.82) is 0 Å². The van der Waals surface area contributed by atoms with Crippen LogP contribution in [0.25, 0.3) is 10.9 Å². The van der Waals surface area contributed by atoms with Crippen molar-refractivity contribution in [1.82, 2.24) is 4.57 Å². The molecule has 22 heavy (non-hydrogen) atoms. The molecule has 0 aliphatic heterocycles. The summed E-state index contributed by atoms with van der Waals surface area (Å²) in [7, 11) is 0. The second-order valence-electron chi connectivity index (χ2n) is 6.44. The van der Waals surface area contributed by atoms with Crippen LogP contribution in [0.4, 0.5) is 4.39 Å². The summed E-state index contributed by atoms with van der Waals surface area (Å²) >= 11 is 0. The summed E-state index contributed by atoms with van der Waals surface area (Å²) in [6.45, 7) is 8.50. The Morgan fingerprint density at radius 2 is 2.00 bits per heavy atom. The lowest BCUT2D eigenvalue weighted by molar-refractivity contribution is 0.0524. The maximum atomic E-state index is 13.6. The lowest BCUT2D eigenvalue weighted by Gasteiger charge is -2.22. The topological polar surface area (TPSA) is 48.3 Å². The number of esters is 1. The molecule has 2 rings (SSSR count). The van der Waals surface area contributed by atoms with Crippen LogP contribution < -0.4 is 5.43 Å². The summed E-state index contributed by atoms with van der Waals surface area (Å²) in [5.41, 5.74) is -0.0722. The van der Waals surface area contributed by atoms with Crippen LogP contribution >= 0.6 is 0 Å². The monoisotopic (exact) mass is 305 g/mol. The van der Waals surface area contributed by atoms with Gasteiger partial charge in [-0.2, -0.15) is 0 Å². The van der Waals surface area contributed by atoms with E-state index in [2.05, 4.69) is 0 Å². The SMILES string of the molecule is CCOC(=O)c1cn(CC(C)(C)C)c2cc(F)ccc2c1=O. The molecule has 5 heteroatoms. The molecule has 0 aliphatic carbocycles. The molecule has 0 spiro atoms. The summed E-state index contributed by atoms with van der Waals surface area (Å²) < 4.78 is 20.2. The van der Waals surface area contributed by atoms with Gasteiger partial charge in [0, 0.05) is 18.1 Å². The van der Waals surface area contributed by atoms with Gasteiger partial charge in [0.25, 0.3) is 0 Å². The predicted molar refractivity (Wildman–Crippen MR) is 83.6 cm³/mol. The molecule has 0 bridgehead atoms. The highest BCUT2D eigenvalue weighted by Gasteiger charge is 2.19. The van der Waals surface area contributed by atoms with Gasteiger partial charge in [0.05, 0.1) is 12.1 Å². The third-order valence-corrected chi connectivity index (χ3v) is 3.18. The van der Waals surface area contributed by atoms with Gasteiger partial charge in [-0.1, -0.05) is 20.8 Å². The minimum Gasteiger partial charge on any atom is -0.462 e. The van der Waals surface area contributed by atoms with E-state index in [1.165, 1.54) is 24.4 Å². The fourth-order valence-corrected chi connectivity index (χ4v) is 2.36. The summed E-state index contributed by atoms with van der Waals surface area (Å²) in [6, 6.07) is 3.95. The second-order valence-corrected chi connectivity index (χ2v) is 6.44. The highest BCUT2D eigenvalue weighted by Crippen LogP contribution is 2.21. The third kappa shape index (κ3) is 3.35. The van der Waals surface area contributed by atoms with Crippen molar-refractivity contribution in [3.63, 3.8) is 0 Å². The molecule has 1 aromatic heterocycles. The van der Waals surface area contributed by atoms with E-state index >= 15 is 0 Å². The van der Waals surface area contributed by atoms with Crippen LogP contribution in [0.1, 0.15) is 38.1 Å². The van der Waals surface area contributed by atoms with Gasteiger partial charge in [0.2, 0.25) is 5.43 Å². The number of hydrogen-bond acceptors (Lipinski definition) is 3. The average Bonchev–Trinajstić information content (AvgIpc) is 2.40. The molecule has 0 atom stereocenters. The van der Waals surface area contributed by atoms with Crippen LogP contribution in [0.3, 0.4) is 0 Å². The molecule has 2 aromatic rings. The second kappa shape index (κ2) is 5.91. The molecule has 0 unspecified atom stereocenters. The van der Waals surface area contributed by atoms with Crippen molar-refractivity contribution in [2.75, 3.05) is 6.61 Å². The van der Waals surface area contributed by atoms with Crippen LogP contribution in [0.5, 0.6) is 0 Å². The first-order chi connectivity index (χ1) is 10.2. The van der Waals surface area contributed by atoms with Crippen molar-refractivity contribution in [2.45, 2.75) is 34.2 Å². The number of rotatable bonds is 3. The van der Waals surface area contributed by atoms with Gasteiger partial charge in [0.15, 0.2) is 0 Å². The number of fused-ring (bicyclic) bond motifs is 1. The van der Waals surface area contributed by atoms with Crippen LogP contribution in [0, 0.1) is 11.2 Å². The molecule has 1 aromatic carbocycles. The minimum absolute atomic E-state index is 0.0230.